The maximum atomic E-state index is 14.4. The Hall–Kier alpha value is -3.06. The number of terminal acetylenes is 1. The average molecular weight is 362 g/mol. The predicted molar refractivity (Wildman–Crippen MR) is 85.8 cm³/mol. The Labute approximate surface area is 146 Å². The Morgan fingerprint density at radius 2 is 1.88 bits per heavy atom. The number of nitriles is 1. The molecule has 0 saturated heterocycles. The summed E-state index contributed by atoms with van der Waals surface area (Å²) in [5, 5.41) is 9.31. The summed E-state index contributed by atoms with van der Waals surface area (Å²) < 4.78 is 66.9. The second-order valence-corrected chi connectivity index (χ2v) is 5.79. The molecule has 0 atom stereocenters. The van der Waals surface area contributed by atoms with Crippen LogP contribution in [0.25, 0.3) is 0 Å². The fourth-order valence-corrected chi connectivity index (χ4v) is 3.18. The number of hydrogen-bond acceptors (Lipinski definition) is 2. The molecule has 0 unspecified atom stereocenters. The summed E-state index contributed by atoms with van der Waals surface area (Å²) in [5.41, 5.74) is -1.07. The molecule has 2 aromatic rings. The first kappa shape index (κ1) is 17.8. The van der Waals surface area contributed by atoms with Crippen molar-refractivity contribution < 1.29 is 22.0 Å². The van der Waals surface area contributed by atoms with Crippen LogP contribution in [0.1, 0.15) is 28.7 Å². The van der Waals surface area contributed by atoms with Crippen LogP contribution in [0.5, 0.6) is 0 Å². The smallest absolute Gasteiger partial charge is 0.339 e. The van der Waals surface area contributed by atoms with Crippen molar-refractivity contribution >= 4 is 11.4 Å². The number of rotatable bonds is 1. The van der Waals surface area contributed by atoms with Gasteiger partial charge in [-0.3, -0.25) is 0 Å². The molecule has 0 saturated carbocycles. The first-order chi connectivity index (χ1) is 12.3. The minimum absolute atomic E-state index is 0.0166. The molecule has 1 aliphatic heterocycles. The average Bonchev–Trinajstić information content (AvgIpc) is 2.58. The molecule has 2 nitrogen and oxygen atoms in total. The van der Waals surface area contributed by atoms with Crippen LogP contribution in [0.2, 0.25) is 0 Å². The van der Waals surface area contributed by atoms with Gasteiger partial charge in [-0.25, -0.2) is 8.78 Å². The van der Waals surface area contributed by atoms with Gasteiger partial charge in [0.1, 0.15) is 11.9 Å². The molecule has 0 spiro atoms. The van der Waals surface area contributed by atoms with E-state index in [1.54, 1.807) is 0 Å². The maximum absolute atomic E-state index is 14.4. The number of anilines is 2. The number of benzene rings is 2. The number of halogens is 5. The van der Waals surface area contributed by atoms with Crippen LogP contribution >= 0.6 is 0 Å². The van der Waals surface area contributed by atoms with Gasteiger partial charge in [-0.15, -0.1) is 6.42 Å². The zero-order valence-corrected chi connectivity index (χ0v) is 13.3. The largest absolute Gasteiger partial charge is 0.419 e. The monoisotopic (exact) mass is 362 g/mol. The second kappa shape index (κ2) is 6.34. The molecule has 0 N–H and O–H groups in total. The molecule has 3 rings (SSSR count). The summed E-state index contributed by atoms with van der Waals surface area (Å²) in [4.78, 5) is 1.48. The minimum Gasteiger partial charge on any atom is -0.339 e. The van der Waals surface area contributed by atoms with E-state index in [1.807, 2.05) is 12.0 Å². The first-order valence-corrected chi connectivity index (χ1v) is 7.64. The minimum atomic E-state index is -4.88. The molecule has 0 bridgehead atoms. The van der Waals surface area contributed by atoms with Crippen molar-refractivity contribution in [1.29, 1.82) is 5.26 Å². The lowest BCUT2D eigenvalue weighted by molar-refractivity contribution is -0.140. The van der Waals surface area contributed by atoms with Crippen molar-refractivity contribution in [1.82, 2.24) is 0 Å². The Bertz CT molecular complexity index is 964. The maximum Gasteiger partial charge on any atom is 0.419 e. The van der Waals surface area contributed by atoms with E-state index in [9.17, 15) is 27.2 Å². The molecule has 0 aromatic heterocycles. The van der Waals surface area contributed by atoms with Crippen LogP contribution in [-0.2, 0) is 12.6 Å². The van der Waals surface area contributed by atoms with Gasteiger partial charge in [0, 0.05) is 6.54 Å². The van der Waals surface area contributed by atoms with Gasteiger partial charge in [0.05, 0.1) is 28.1 Å². The van der Waals surface area contributed by atoms with E-state index in [2.05, 4.69) is 0 Å². The van der Waals surface area contributed by atoms with Crippen molar-refractivity contribution in [2.24, 2.45) is 0 Å². The molecular formula is C19H11F5N2. The number of hydrogen-bond donors (Lipinski definition) is 0. The third-order valence-corrected chi connectivity index (χ3v) is 4.23. The van der Waals surface area contributed by atoms with Gasteiger partial charge in [0.2, 0.25) is 0 Å². The van der Waals surface area contributed by atoms with Gasteiger partial charge in [0.15, 0.2) is 5.82 Å². The molecule has 0 amide bonds. The van der Waals surface area contributed by atoms with Gasteiger partial charge in [-0.1, -0.05) is 5.92 Å². The van der Waals surface area contributed by atoms with Gasteiger partial charge in [-0.05, 0) is 42.7 Å². The molecular weight excluding hydrogens is 351 g/mol. The highest BCUT2D eigenvalue weighted by Crippen LogP contribution is 2.41. The van der Waals surface area contributed by atoms with E-state index < -0.39 is 28.9 Å². The molecule has 1 aliphatic rings. The fourth-order valence-electron chi connectivity index (χ4n) is 3.18. The summed E-state index contributed by atoms with van der Waals surface area (Å²) in [6.07, 6.45) is 1.44. The lowest BCUT2D eigenvalue weighted by Gasteiger charge is -2.33. The summed E-state index contributed by atoms with van der Waals surface area (Å²) >= 11 is 0. The second-order valence-electron chi connectivity index (χ2n) is 5.79. The lowest BCUT2D eigenvalue weighted by Crippen LogP contribution is -2.27. The third-order valence-electron chi connectivity index (χ3n) is 4.23. The van der Waals surface area contributed by atoms with E-state index in [0.717, 1.165) is 12.1 Å². The number of fused-ring (bicyclic) bond motifs is 1. The van der Waals surface area contributed by atoms with E-state index >= 15 is 0 Å². The van der Waals surface area contributed by atoms with E-state index in [-0.39, 0.29) is 11.3 Å². The fraction of sp³-hybridized carbons (Fsp3) is 0.211. The van der Waals surface area contributed by atoms with E-state index in [4.69, 9.17) is 6.42 Å². The Morgan fingerprint density at radius 3 is 2.50 bits per heavy atom. The molecule has 1 heterocycles. The molecule has 7 heteroatoms. The SMILES string of the molecule is C#Cc1c(N2CCCc3cc(F)cc(C#N)c32)ccc(C(F)(F)F)c1F. The highest BCUT2D eigenvalue weighted by Gasteiger charge is 2.36. The number of nitrogens with zero attached hydrogens (tertiary/aromatic N) is 2. The van der Waals surface area contributed by atoms with Crippen LogP contribution in [0, 0.1) is 35.3 Å². The normalized spacial score (nSPS) is 13.7. The topological polar surface area (TPSA) is 27.0 Å². The van der Waals surface area contributed by atoms with Crippen LogP contribution in [0.3, 0.4) is 0 Å². The van der Waals surface area contributed by atoms with Gasteiger partial charge < -0.3 is 4.90 Å². The van der Waals surface area contributed by atoms with Crippen molar-refractivity contribution in [3.05, 3.63) is 58.2 Å². The van der Waals surface area contributed by atoms with Gasteiger partial charge in [0.25, 0.3) is 0 Å². The van der Waals surface area contributed by atoms with Crippen LogP contribution in [0.4, 0.5) is 33.3 Å². The predicted octanol–water partition coefficient (Wildman–Crippen LogP) is 4.92. The van der Waals surface area contributed by atoms with Crippen molar-refractivity contribution in [2.75, 3.05) is 11.4 Å². The quantitative estimate of drug-likeness (QED) is 0.532. The van der Waals surface area contributed by atoms with E-state index in [1.165, 1.54) is 11.0 Å². The molecule has 0 aliphatic carbocycles. The summed E-state index contributed by atoms with van der Waals surface area (Å²) in [5.74, 6) is -0.142. The van der Waals surface area contributed by atoms with Crippen LogP contribution < -0.4 is 4.90 Å². The molecule has 2 aromatic carbocycles. The highest BCUT2D eigenvalue weighted by molar-refractivity contribution is 5.77. The van der Waals surface area contributed by atoms with Crippen LogP contribution in [-0.4, -0.2) is 6.54 Å². The van der Waals surface area contributed by atoms with Crippen molar-refractivity contribution in [3.8, 4) is 18.4 Å². The third kappa shape index (κ3) is 2.86. The zero-order chi connectivity index (χ0) is 19.1. The molecule has 132 valence electrons. The Morgan fingerprint density at radius 1 is 1.15 bits per heavy atom. The summed E-state index contributed by atoms with van der Waals surface area (Å²) in [6.45, 7) is 0.312. The van der Waals surface area contributed by atoms with Gasteiger partial charge >= 0.3 is 6.18 Å². The number of aryl methyl sites for hydroxylation is 1. The molecule has 0 fully saturated rings. The highest BCUT2D eigenvalue weighted by atomic mass is 19.4. The summed E-state index contributed by atoms with van der Waals surface area (Å²) in [7, 11) is 0. The van der Waals surface area contributed by atoms with Crippen molar-refractivity contribution in [3.63, 3.8) is 0 Å². The Kier molecular flexibility index (Phi) is 4.33. The Balaban J connectivity index is 2.24. The lowest BCUT2D eigenvalue weighted by atomic mass is 9.95. The van der Waals surface area contributed by atoms with E-state index in [0.29, 0.717) is 36.7 Å². The zero-order valence-electron chi connectivity index (χ0n) is 13.3. The standard InChI is InChI=1S/C19H11F5N2/c1-2-14-16(6-5-15(17(14)21)19(22,23)24)26-7-3-4-11-8-13(20)9-12(10-25)18(11)26/h1,5-6,8-9H,3-4,7H2. The number of alkyl halides is 3. The van der Waals surface area contributed by atoms with Crippen LogP contribution in [0.15, 0.2) is 24.3 Å². The first-order valence-electron chi connectivity index (χ1n) is 7.64. The molecule has 26 heavy (non-hydrogen) atoms. The van der Waals surface area contributed by atoms with Crippen molar-refractivity contribution in [2.45, 2.75) is 19.0 Å². The molecule has 0 radical (unpaired) electrons. The van der Waals surface area contributed by atoms with Gasteiger partial charge in [-0.2, -0.15) is 18.4 Å². The summed E-state index contributed by atoms with van der Waals surface area (Å²) in [6, 6.07) is 5.88.